The summed E-state index contributed by atoms with van der Waals surface area (Å²) >= 11 is 1.65. The summed E-state index contributed by atoms with van der Waals surface area (Å²) in [6, 6.07) is 4.07. The average molecular weight is 292 g/mol. The number of hydrogen-bond donors (Lipinski definition) is 1. The van der Waals surface area contributed by atoms with Gasteiger partial charge in [-0.15, -0.1) is 11.3 Å². The third kappa shape index (κ3) is 4.63. The van der Waals surface area contributed by atoms with E-state index in [0.717, 1.165) is 17.2 Å². The topological polar surface area (TPSA) is 29.5 Å². The van der Waals surface area contributed by atoms with Crippen molar-refractivity contribution in [2.24, 2.45) is 11.3 Å². The second-order valence-electron chi connectivity index (χ2n) is 6.57. The number of aliphatic hydroxyl groups excluding tert-OH is 1. The number of aliphatic hydroxyl groups is 1. The highest BCUT2D eigenvalue weighted by Crippen LogP contribution is 2.40. The fraction of sp³-hybridized carbons (Fsp3) is 0.647. The van der Waals surface area contributed by atoms with Crippen LogP contribution in [-0.4, -0.2) is 17.8 Å². The van der Waals surface area contributed by atoms with Crippen LogP contribution in [0, 0.1) is 23.2 Å². The molecule has 0 saturated heterocycles. The van der Waals surface area contributed by atoms with E-state index in [1.54, 1.807) is 11.3 Å². The van der Waals surface area contributed by atoms with Gasteiger partial charge in [0.2, 0.25) is 0 Å². The Morgan fingerprint density at radius 2 is 2.20 bits per heavy atom. The van der Waals surface area contributed by atoms with Gasteiger partial charge in [0, 0.05) is 4.88 Å². The molecule has 1 fully saturated rings. The highest BCUT2D eigenvalue weighted by molar-refractivity contribution is 7.12. The molecule has 1 aliphatic carbocycles. The lowest BCUT2D eigenvalue weighted by atomic mass is 9.71. The summed E-state index contributed by atoms with van der Waals surface area (Å²) in [6.07, 6.45) is 4.00. The molecular formula is C17H24O2S. The van der Waals surface area contributed by atoms with Crippen LogP contribution >= 0.6 is 11.3 Å². The van der Waals surface area contributed by atoms with Gasteiger partial charge in [-0.1, -0.05) is 32.6 Å². The molecule has 1 N–H and O–H groups in total. The first kappa shape index (κ1) is 15.6. The minimum atomic E-state index is -0.0845. The predicted molar refractivity (Wildman–Crippen MR) is 83.7 cm³/mol. The van der Waals surface area contributed by atoms with Gasteiger partial charge in [0.15, 0.2) is 0 Å². The Morgan fingerprint density at radius 3 is 2.90 bits per heavy atom. The fourth-order valence-corrected chi connectivity index (χ4v) is 4.04. The Hall–Kier alpha value is -0.820. The quantitative estimate of drug-likeness (QED) is 0.858. The second-order valence-corrected chi connectivity index (χ2v) is 7.74. The monoisotopic (exact) mass is 292 g/mol. The summed E-state index contributed by atoms with van der Waals surface area (Å²) in [6.45, 7) is 7.60. The van der Waals surface area contributed by atoms with Gasteiger partial charge in [0.25, 0.3) is 0 Å². The molecule has 0 spiro atoms. The van der Waals surface area contributed by atoms with Crippen LogP contribution in [0.5, 0.6) is 0 Å². The third-order valence-corrected chi connectivity index (χ3v) is 4.73. The summed E-state index contributed by atoms with van der Waals surface area (Å²) in [5.41, 5.74) is 0.398. The first-order chi connectivity index (χ1) is 9.48. The molecule has 2 unspecified atom stereocenters. The fourth-order valence-electron chi connectivity index (χ4n) is 3.23. The maximum Gasteiger partial charge on any atom is 0.104 e. The second kappa shape index (κ2) is 6.76. The van der Waals surface area contributed by atoms with Crippen molar-refractivity contribution in [2.45, 2.75) is 52.7 Å². The summed E-state index contributed by atoms with van der Waals surface area (Å²) in [4.78, 5) is 2.21. The van der Waals surface area contributed by atoms with E-state index in [1.807, 2.05) is 6.07 Å². The molecule has 110 valence electrons. The van der Waals surface area contributed by atoms with Crippen LogP contribution in [0.2, 0.25) is 0 Å². The summed E-state index contributed by atoms with van der Waals surface area (Å²) in [5.74, 6) is 6.36. The molecule has 1 aliphatic rings. The van der Waals surface area contributed by atoms with Crippen LogP contribution in [-0.2, 0) is 11.3 Å². The van der Waals surface area contributed by atoms with Crippen LogP contribution in [0.1, 0.15) is 49.8 Å². The van der Waals surface area contributed by atoms with E-state index in [0.29, 0.717) is 18.1 Å². The van der Waals surface area contributed by atoms with Crippen LogP contribution in [0.4, 0.5) is 0 Å². The molecule has 3 heteroatoms. The van der Waals surface area contributed by atoms with E-state index in [4.69, 9.17) is 9.84 Å². The van der Waals surface area contributed by atoms with Gasteiger partial charge in [-0.05, 0) is 42.7 Å². The SMILES string of the molecule is CC1CC(OCc2ccc(C#CCO)s2)CC(C)(C)C1. The Morgan fingerprint density at radius 1 is 1.40 bits per heavy atom. The number of ether oxygens (including phenoxy) is 1. The molecule has 0 aliphatic heterocycles. The van der Waals surface area contributed by atoms with Crippen molar-refractivity contribution in [2.75, 3.05) is 6.61 Å². The Balaban J connectivity index is 1.87. The van der Waals surface area contributed by atoms with Crippen LogP contribution < -0.4 is 0 Å². The molecule has 2 nitrogen and oxygen atoms in total. The van der Waals surface area contributed by atoms with Gasteiger partial charge in [-0.3, -0.25) is 0 Å². The third-order valence-electron chi connectivity index (χ3n) is 3.76. The average Bonchev–Trinajstić information content (AvgIpc) is 2.79. The van der Waals surface area contributed by atoms with Crippen molar-refractivity contribution >= 4 is 11.3 Å². The van der Waals surface area contributed by atoms with Gasteiger partial charge in [0.05, 0.1) is 17.6 Å². The highest BCUT2D eigenvalue weighted by Gasteiger charge is 2.32. The molecule has 2 atom stereocenters. The van der Waals surface area contributed by atoms with Crippen molar-refractivity contribution in [1.82, 2.24) is 0 Å². The standard InChI is InChI=1S/C17H24O2S/c1-13-9-14(11-17(2,3)10-13)19-12-16-7-6-15(20-16)5-4-8-18/h6-7,13-14,18H,8-12H2,1-3H3. The molecular weight excluding hydrogens is 268 g/mol. The summed E-state index contributed by atoms with van der Waals surface area (Å²) in [7, 11) is 0. The van der Waals surface area contributed by atoms with Crippen molar-refractivity contribution in [3.8, 4) is 11.8 Å². The van der Waals surface area contributed by atoms with Crippen LogP contribution in [0.15, 0.2) is 12.1 Å². The van der Waals surface area contributed by atoms with Gasteiger partial charge < -0.3 is 9.84 Å². The molecule has 1 aromatic heterocycles. The van der Waals surface area contributed by atoms with Crippen LogP contribution in [0.3, 0.4) is 0 Å². The minimum absolute atomic E-state index is 0.0845. The lowest BCUT2D eigenvalue weighted by molar-refractivity contribution is -0.0306. The first-order valence-corrected chi connectivity index (χ1v) is 8.10. The number of thiophene rings is 1. The largest absolute Gasteiger partial charge is 0.384 e. The van der Waals surface area contributed by atoms with Gasteiger partial charge in [-0.2, -0.15) is 0 Å². The van der Waals surface area contributed by atoms with Gasteiger partial charge >= 0.3 is 0 Å². The summed E-state index contributed by atoms with van der Waals surface area (Å²) in [5, 5.41) is 8.69. The Kier molecular flexibility index (Phi) is 5.26. The molecule has 20 heavy (non-hydrogen) atoms. The Bertz CT molecular complexity index is 493. The molecule has 0 aromatic carbocycles. The van der Waals surface area contributed by atoms with Crippen LogP contribution in [0.25, 0.3) is 0 Å². The molecule has 1 heterocycles. The minimum Gasteiger partial charge on any atom is -0.384 e. The lowest BCUT2D eigenvalue weighted by Gasteiger charge is -2.38. The zero-order valence-electron chi connectivity index (χ0n) is 12.6. The maximum absolute atomic E-state index is 8.69. The van der Waals surface area contributed by atoms with Gasteiger partial charge in [-0.25, -0.2) is 0 Å². The number of hydrogen-bond acceptors (Lipinski definition) is 3. The van der Waals surface area contributed by atoms with Crippen molar-refractivity contribution in [3.05, 3.63) is 21.9 Å². The molecule has 2 rings (SSSR count). The van der Waals surface area contributed by atoms with Crippen molar-refractivity contribution < 1.29 is 9.84 Å². The zero-order valence-corrected chi connectivity index (χ0v) is 13.4. The molecule has 1 aromatic rings. The van der Waals surface area contributed by atoms with Crippen molar-refractivity contribution in [3.63, 3.8) is 0 Å². The predicted octanol–water partition coefficient (Wildman–Crippen LogP) is 3.82. The van der Waals surface area contributed by atoms with E-state index < -0.39 is 0 Å². The maximum atomic E-state index is 8.69. The van der Waals surface area contributed by atoms with E-state index in [9.17, 15) is 0 Å². The molecule has 0 bridgehead atoms. The smallest absolute Gasteiger partial charge is 0.104 e. The zero-order chi connectivity index (χ0) is 14.6. The molecule has 1 saturated carbocycles. The summed E-state index contributed by atoms with van der Waals surface area (Å²) < 4.78 is 6.11. The van der Waals surface area contributed by atoms with Crippen molar-refractivity contribution in [1.29, 1.82) is 0 Å². The number of rotatable bonds is 3. The Labute approximate surface area is 126 Å². The van der Waals surface area contributed by atoms with Gasteiger partial charge in [0.1, 0.15) is 6.61 Å². The van der Waals surface area contributed by atoms with E-state index in [1.165, 1.54) is 17.7 Å². The first-order valence-electron chi connectivity index (χ1n) is 7.28. The molecule has 0 amide bonds. The highest BCUT2D eigenvalue weighted by atomic mass is 32.1. The normalized spacial score (nSPS) is 25.0. The van der Waals surface area contributed by atoms with E-state index >= 15 is 0 Å². The van der Waals surface area contributed by atoms with E-state index in [-0.39, 0.29) is 6.61 Å². The lowest BCUT2D eigenvalue weighted by Crippen LogP contribution is -2.32. The van der Waals surface area contributed by atoms with E-state index in [2.05, 4.69) is 38.7 Å². The molecule has 0 radical (unpaired) electrons.